The number of fused-ring (bicyclic) bond motifs is 1. The third-order valence-corrected chi connectivity index (χ3v) is 3.95. The van der Waals surface area contributed by atoms with Gasteiger partial charge < -0.3 is 10.4 Å². The van der Waals surface area contributed by atoms with Gasteiger partial charge in [0.2, 0.25) is 0 Å². The monoisotopic (exact) mass is 217 g/mol. The maximum atomic E-state index is 9.45. The van der Waals surface area contributed by atoms with E-state index in [-0.39, 0.29) is 0 Å². The normalized spacial score (nSPS) is 24.9. The Morgan fingerprint density at radius 3 is 2.56 bits per heavy atom. The van der Waals surface area contributed by atoms with Gasteiger partial charge in [-0.3, -0.25) is 0 Å². The third kappa shape index (κ3) is 1.94. The molecule has 0 aromatic heterocycles. The lowest BCUT2D eigenvalue weighted by Gasteiger charge is -2.17. The summed E-state index contributed by atoms with van der Waals surface area (Å²) in [5.74, 6) is 0.403. The SMILES string of the molecule is Oc1ccc2c(c1)CC(NC1CCCC1)C2. The summed E-state index contributed by atoms with van der Waals surface area (Å²) in [4.78, 5) is 0. The molecule has 0 bridgehead atoms. The minimum absolute atomic E-state index is 0.403. The molecule has 2 nitrogen and oxygen atoms in total. The van der Waals surface area contributed by atoms with Crippen molar-refractivity contribution in [3.05, 3.63) is 29.3 Å². The number of aromatic hydroxyl groups is 1. The zero-order valence-corrected chi connectivity index (χ0v) is 9.58. The van der Waals surface area contributed by atoms with Crippen molar-refractivity contribution in [2.24, 2.45) is 0 Å². The second-order valence-corrected chi connectivity index (χ2v) is 5.21. The molecule has 1 fully saturated rings. The first-order valence-corrected chi connectivity index (χ1v) is 6.38. The molecule has 16 heavy (non-hydrogen) atoms. The van der Waals surface area contributed by atoms with Crippen LogP contribution in [0.25, 0.3) is 0 Å². The van der Waals surface area contributed by atoms with E-state index >= 15 is 0 Å². The minimum Gasteiger partial charge on any atom is -0.508 e. The zero-order chi connectivity index (χ0) is 11.0. The first kappa shape index (κ1) is 10.2. The van der Waals surface area contributed by atoms with Crippen LogP contribution in [0.15, 0.2) is 18.2 Å². The van der Waals surface area contributed by atoms with E-state index in [0.717, 1.165) is 18.9 Å². The molecule has 2 N–H and O–H groups in total. The van der Waals surface area contributed by atoms with Gasteiger partial charge in [-0.25, -0.2) is 0 Å². The minimum atomic E-state index is 0.403. The molecular formula is C14H19NO. The van der Waals surface area contributed by atoms with Crippen LogP contribution in [0, 0.1) is 0 Å². The molecule has 0 amide bonds. The molecule has 0 spiro atoms. The first-order chi connectivity index (χ1) is 7.81. The van der Waals surface area contributed by atoms with Crippen molar-refractivity contribution >= 4 is 0 Å². The van der Waals surface area contributed by atoms with Gasteiger partial charge in [-0.15, -0.1) is 0 Å². The highest BCUT2D eigenvalue weighted by molar-refractivity contribution is 5.39. The van der Waals surface area contributed by atoms with E-state index in [4.69, 9.17) is 0 Å². The van der Waals surface area contributed by atoms with Gasteiger partial charge in [0.15, 0.2) is 0 Å². The van der Waals surface area contributed by atoms with Gasteiger partial charge in [0, 0.05) is 12.1 Å². The number of rotatable bonds is 2. The Labute approximate surface area is 96.7 Å². The van der Waals surface area contributed by atoms with E-state index in [0.29, 0.717) is 11.8 Å². The Morgan fingerprint density at radius 1 is 1.00 bits per heavy atom. The molecule has 1 saturated carbocycles. The fraction of sp³-hybridized carbons (Fsp3) is 0.571. The van der Waals surface area contributed by atoms with Gasteiger partial charge in [0.25, 0.3) is 0 Å². The Kier molecular flexibility index (Phi) is 2.60. The van der Waals surface area contributed by atoms with Crippen LogP contribution < -0.4 is 5.32 Å². The predicted octanol–water partition coefficient (Wildman–Crippen LogP) is 2.39. The molecule has 2 heteroatoms. The van der Waals surface area contributed by atoms with Crippen molar-refractivity contribution in [1.82, 2.24) is 5.32 Å². The number of hydrogen-bond donors (Lipinski definition) is 2. The molecule has 0 saturated heterocycles. The van der Waals surface area contributed by atoms with E-state index < -0.39 is 0 Å². The van der Waals surface area contributed by atoms with E-state index in [1.54, 1.807) is 6.07 Å². The summed E-state index contributed by atoms with van der Waals surface area (Å²) in [6.45, 7) is 0. The third-order valence-electron chi connectivity index (χ3n) is 3.95. The highest BCUT2D eigenvalue weighted by Crippen LogP contribution is 2.27. The quantitative estimate of drug-likeness (QED) is 0.797. The van der Waals surface area contributed by atoms with Crippen molar-refractivity contribution in [1.29, 1.82) is 0 Å². The molecule has 0 aliphatic heterocycles. The summed E-state index contributed by atoms with van der Waals surface area (Å²) in [6, 6.07) is 7.14. The maximum Gasteiger partial charge on any atom is 0.115 e. The van der Waals surface area contributed by atoms with E-state index in [1.165, 1.54) is 36.8 Å². The number of phenols is 1. The molecule has 1 atom stereocenters. The Balaban J connectivity index is 1.65. The topological polar surface area (TPSA) is 32.3 Å². The highest BCUT2D eigenvalue weighted by Gasteiger charge is 2.25. The molecule has 1 aromatic carbocycles. The van der Waals surface area contributed by atoms with Gasteiger partial charge >= 0.3 is 0 Å². The Bertz CT molecular complexity index is 382. The number of phenolic OH excluding ortho intramolecular Hbond substituents is 1. The van der Waals surface area contributed by atoms with Gasteiger partial charge in [0.1, 0.15) is 5.75 Å². The van der Waals surface area contributed by atoms with Crippen molar-refractivity contribution in [2.75, 3.05) is 0 Å². The average molecular weight is 217 g/mol. The smallest absolute Gasteiger partial charge is 0.115 e. The lowest BCUT2D eigenvalue weighted by molar-refractivity contribution is 0.440. The van der Waals surface area contributed by atoms with Gasteiger partial charge in [0.05, 0.1) is 0 Å². The summed E-state index contributed by atoms with van der Waals surface area (Å²) in [6.07, 6.45) is 7.68. The molecule has 1 aromatic rings. The van der Waals surface area contributed by atoms with Crippen LogP contribution in [0.2, 0.25) is 0 Å². The van der Waals surface area contributed by atoms with Crippen molar-refractivity contribution in [3.8, 4) is 5.75 Å². The van der Waals surface area contributed by atoms with E-state index in [2.05, 4.69) is 11.4 Å². The van der Waals surface area contributed by atoms with Gasteiger partial charge in [-0.05, 0) is 48.9 Å². The Morgan fingerprint density at radius 2 is 1.75 bits per heavy atom. The van der Waals surface area contributed by atoms with E-state index in [9.17, 15) is 5.11 Å². The van der Waals surface area contributed by atoms with Crippen molar-refractivity contribution in [3.63, 3.8) is 0 Å². The molecule has 3 rings (SSSR count). The van der Waals surface area contributed by atoms with Crippen LogP contribution in [-0.2, 0) is 12.8 Å². The molecular weight excluding hydrogens is 198 g/mol. The molecule has 2 aliphatic carbocycles. The number of nitrogens with one attached hydrogen (secondary N) is 1. The molecule has 0 heterocycles. The van der Waals surface area contributed by atoms with Gasteiger partial charge in [-0.2, -0.15) is 0 Å². The van der Waals surface area contributed by atoms with Crippen molar-refractivity contribution in [2.45, 2.75) is 50.6 Å². The summed E-state index contributed by atoms with van der Waals surface area (Å²) >= 11 is 0. The lowest BCUT2D eigenvalue weighted by Crippen LogP contribution is -2.37. The summed E-state index contributed by atoms with van der Waals surface area (Å²) in [5, 5.41) is 13.2. The summed E-state index contributed by atoms with van der Waals surface area (Å²) in [7, 11) is 0. The molecule has 86 valence electrons. The standard InChI is InChI=1S/C14H19NO/c16-14-6-5-10-7-13(8-11(10)9-14)15-12-3-1-2-4-12/h5-6,9,12-13,15-16H,1-4,7-8H2. The molecule has 2 aliphatic rings. The van der Waals surface area contributed by atoms with Crippen LogP contribution in [0.3, 0.4) is 0 Å². The number of benzene rings is 1. The molecule has 0 radical (unpaired) electrons. The van der Waals surface area contributed by atoms with Crippen molar-refractivity contribution < 1.29 is 5.11 Å². The van der Waals surface area contributed by atoms with Crippen LogP contribution in [-0.4, -0.2) is 17.2 Å². The highest BCUT2D eigenvalue weighted by atomic mass is 16.3. The molecule has 1 unspecified atom stereocenters. The maximum absolute atomic E-state index is 9.45. The first-order valence-electron chi connectivity index (χ1n) is 6.38. The van der Waals surface area contributed by atoms with Crippen LogP contribution >= 0.6 is 0 Å². The van der Waals surface area contributed by atoms with Gasteiger partial charge in [-0.1, -0.05) is 18.9 Å². The van der Waals surface area contributed by atoms with Crippen LogP contribution in [0.4, 0.5) is 0 Å². The Hall–Kier alpha value is -1.02. The summed E-state index contributed by atoms with van der Waals surface area (Å²) < 4.78 is 0. The fourth-order valence-corrected chi connectivity index (χ4v) is 3.15. The second kappa shape index (κ2) is 4.10. The van der Waals surface area contributed by atoms with E-state index in [1.807, 2.05) is 6.07 Å². The largest absolute Gasteiger partial charge is 0.508 e. The summed E-state index contributed by atoms with van der Waals surface area (Å²) in [5.41, 5.74) is 2.74. The average Bonchev–Trinajstić information content (AvgIpc) is 2.86. The van der Waals surface area contributed by atoms with Crippen LogP contribution in [0.5, 0.6) is 5.75 Å². The number of hydrogen-bond acceptors (Lipinski definition) is 2. The predicted molar refractivity (Wildman–Crippen MR) is 64.7 cm³/mol. The van der Waals surface area contributed by atoms with Crippen LogP contribution in [0.1, 0.15) is 36.8 Å². The fourth-order valence-electron chi connectivity index (χ4n) is 3.15. The zero-order valence-electron chi connectivity index (χ0n) is 9.58. The lowest BCUT2D eigenvalue weighted by atomic mass is 10.1. The second-order valence-electron chi connectivity index (χ2n) is 5.21.